The number of ether oxygens (including phenoxy) is 1. The number of anilines is 1. The van der Waals surface area contributed by atoms with Crippen molar-refractivity contribution in [1.29, 1.82) is 0 Å². The van der Waals surface area contributed by atoms with E-state index in [9.17, 15) is 0 Å². The first-order valence-corrected chi connectivity index (χ1v) is 7.28. The van der Waals surface area contributed by atoms with Gasteiger partial charge in [0.05, 0.1) is 13.2 Å². The molecule has 0 N–H and O–H groups in total. The Morgan fingerprint density at radius 1 is 1.00 bits per heavy atom. The van der Waals surface area contributed by atoms with Crippen LogP contribution in [0.15, 0.2) is 48.5 Å². The molecule has 1 aliphatic heterocycles. The molecule has 1 heterocycles. The van der Waals surface area contributed by atoms with Gasteiger partial charge in [0.2, 0.25) is 0 Å². The van der Waals surface area contributed by atoms with E-state index < -0.39 is 0 Å². The van der Waals surface area contributed by atoms with Gasteiger partial charge in [0.1, 0.15) is 0 Å². The van der Waals surface area contributed by atoms with Gasteiger partial charge in [0, 0.05) is 18.8 Å². The second kappa shape index (κ2) is 6.58. The number of benzene rings is 2. The van der Waals surface area contributed by atoms with Crippen molar-refractivity contribution in [2.75, 3.05) is 31.2 Å². The molecule has 0 amide bonds. The number of hydrogen-bond donors (Lipinski definition) is 0. The summed E-state index contributed by atoms with van der Waals surface area (Å²) in [5, 5.41) is 0. The smallest absolute Gasteiger partial charge is 0.0642 e. The minimum Gasteiger partial charge on any atom is -0.378 e. The first-order chi connectivity index (χ1) is 9.92. The quantitative estimate of drug-likeness (QED) is 0.843. The Morgan fingerprint density at radius 3 is 2.60 bits per heavy atom. The van der Waals surface area contributed by atoms with Crippen molar-refractivity contribution in [3.63, 3.8) is 0 Å². The van der Waals surface area contributed by atoms with Crippen molar-refractivity contribution in [2.24, 2.45) is 0 Å². The van der Waals surface area contributed by atoms with Crippen LogP contribution in [0.1, 0.15) is 11.1 Å². The van der Waals surface area contributed by atoms with Gasteiger partial charge >= 0.3 is 0 Å². The zero-order chi connectivity index (χ0) is 13.6. The molecule has 0 spiro atoms. The third kappa shape index (κ3) is 3.40. The molecule has 0 aromatic heterocycles. The normalized spacial score (nSPS) is 15.3. The van der Waals surface area contributed by atoms with Crippen LogP contribution >= 0.6 is 0 Å². The molecule has 2 heteroatoms. The molecule has 2 aromatic carbocycles. The summed E-state index contributed by atoms with van der Waals surface area (Å²) in [7, 11) is 0. The van der Waals surface area contributed by atoms with E-state index in [1.165, 1.54) is 16.8 Å². The molecule has 20 heavy (non-hydrogen) atoms. The van der Waals surface area contributed by atoms with Crippen molar-refractivity contribution in [3.8, 4) is 0 Å². The molecular formula is C18H20NO. The highest BCUT2D eigenvalue weighted by atomic mass is 16.5. The summed E-state index contributed by atoms with van der Waals surface area (Å²) >= 11 is 0. The Bertz CT molecular complexity index is 532. The molecule has 0 saturated carbocycles. The molecule has 1 aliphatic rings. The molecule has 0 atom stereocenters. The van der Waals surface area contributed by atoms with E-state index >= 15 is 0 Å². The third-order valence-corrected chi connectivity index (χ3v) is 3.76. The van der Waals surface area contributed by atoms with Gasteiger partial charge in [-0.1, -0.05) is 36.4 Å². The van der Waals surface area contributed by atoms with Crippen molar-refractivity contribution in [3.05, 3.63) is 65.7 Å². The highest BCUT2D eigenvalue weighted by Crippen LogP contribution is 2.18. The van der Waals surface area contributed by atoms with Crippen molar-refractivity contribution in [1.82, 2.24) is 0 Å². The van der Waals surface area contributed by atoms with Crippen LogP contribution in [-0.2, 0) is 17.6 Å². The maximum atomic E-state index is 5.41. The van der Waals surface area contributed by atoms with Gasteiger partial charge < -0.3 is 9.64 Å². The zero-order valence-electron chi connectivity index (χ0n) is 11.7. The molecular weight excluding hydrogens is 246 g/mol. The summed E-state index contributed by atoms with van der Waals surface area (Å²) in [4.78, 5) is 2.41. The molecule has 1 radical (unpaired) electrons. The monoisotopic (exact) mass is 266 g/mol. The lowest BCUT2D eigenvalue weighted by Crippen LogP contribution is -2.36. The predicted octanol–water partition coefficient (Wildman–Crippen LogP) is 3.11. The van der Waals surface area contributed by atoms with E-state index in [1.54, 1.807) is 0 Å². The Labute approximate surface area is 121 Å². The molecule has 1 saturated heterocycles. The molecule has 2 aromatic rings. The molecule has 3 rings (SSSR count). The van der Waals surface area contributed by atoms with E-state index in [4.69, 9.17) is 4.74 Å². The second-order valence-electron chi connectivity index (χ2n) is 5.18. The van der Waals surface area contributed by atoms with Crippen molar-refractivity contribution < 1.29 is 4.74 Å². The highest BCUT2D eigenvalue weighted by molar-refractivity contribution is 5.49. The van der Waals surface area contributed by atoms with Crippen LogP contribution in [0.3, 0.4) is 0 Å². The number of nitrogens with zero attached hydrogens (tertiary/aromatic N) is 1. The standard InChI is InChI=1S/C18H20NO/c1-2-5-16(6-3-1)9-10-17-7-4-8-18(15-17)19-11-13-20-14-12-19/h1-2,4-8,15H,9-14H2. The minimum absolute atomic E-state index is 0.837. The Kier molecular flexibility index (Phi) is 4.34. The van der Waals surface area contributed by atoms with Crippen molar-refractivity contribution >= 4 is 5.69 Å². The van der Waals surface area contributed by atoms with E-state index in [0.717, 1.165) is 39.1 Å². The van der Waals surface area contributed by atoms with Gasteiger partial charge in [-0.3, -0.25) is 0 Å². The SMILES string of the molecule is [c]1cccc(CCc2cccc(N3CCOCC3)c2)c1. The van der Waals surface area contributed by atoms with E-state index in [-0.39, 0.29) is 0 Å². The zero-order valence-corrected chi connectivity index (χ0v) is 11.7. The summed E-state index contributed by atoms with van der Waals surface area (Å²) in [6.45, 7) is 3.67. The van der Waals surface area contributed by atoms with Crippen LogP contribution in [0.5, 0.6) is 0 Å². The number of morpholine rings is 1. The summed E-state index contributed by atoms with van der Waals surface area (Å²) in [5.41, 5.74) is 4.08. The van der Waals surface area contributed by atoms with E-state index in [0.29, 0.717) is 0 Å². The number of rotatable bonds is 4. The Morgan fingerprint density at radius 2 is 1.80 bits per heavy atom. The fourth-order valence-corrected chi connectivity index (χ4v) is 2.60. The van der Waals surface area contributed by atoms with Crippen molar-refractivity contribution in [2.45, 2.75) is 12.8 Å². The molecule has 2 nitrogen and oxygen atoms in total. The average molecular weight is 266 g/mol. The number of hydrogen-bond acceptors (Lipinski definition) is 2. The van der Waals surface area contributed by atoms with E-state index in [2.05, 4.69) is 53.4 Å². The van der Waals surface area contributed by atoms with Gasteiger partial charge in [-0.25, -0.2) is 0 Å². The van der Waals surface area contributed by atoms with Gasteiger partial charge in [-0.2, -0.15) is 0 Å². The third-order valence-electron chi connectivity index (χ3n) is 3.76. The Balaban J connectivity index is 1.65. The average Bonchev–Trinajstić information content (AvgIpc) is 2.55. The van der Waals surface area contributed by atoms with Gasteiger partial charge in [-0.05, 0) is 42.2 Å². The summed E-state index contributed by atoms with van der Waals surface area (Å²) in [6, 6.07) is 20.3. The number of aryl methyl sites for hydroxylation is 2. The lowest BCUT2D eigenvalue weighted by molar-refractivity contribution is 0.122. The lowest BCUT2D eigenvalue weighted by atomic mass is 10.0. The highest BCUT2D eigenvalue weighted by Gasteiger charge is 2.11. The largest absolute Gasteiger partial charge is 0.378 e. The van der Waals surface area contributed by atoms with Gasteiger partial charge in [-0.15, -0.1) is 0 Å². The molecule has 1 fully saturated rings. The Hall–Kier alpha value is -1.80. The first kappa shape index (κ1) is 13.2. The summed E-state index contributed by atoms with van der Waals surface area (Å²) in [5.74, 6) is 0. The summed E-state index contributed by atoms with van der Waals surface area (Å²) in [6.07, 6.45) is 2.15. The van der Waals surface area contributed by atoms with Crippen LogP contribution in [0.2, 0.25) is 0 Å². The fourth-order valence-electron chi connectivity index (χ4n) is 2.60. The van der Waals surface area contributed by atoms with Crippen LogP contribution in [0, 0.1) is 6.07 Å². The molecule has 103 valence electrons. The van der Waals surface area contributed by atoms with Crippen LogP contribution in [0.4, 0.5) is 5.69 Å². The maximum Gasteiger partial charge on any atom is 0.0642 e. The molecule has 0 unspecified atom stereocenters. The van der Waals surface area contributed by atoms with Gasteiger partial charge in [0.15, 0.2) is 0 Å². The second-order valence-corrected chi connectivity index (χ2v) is 5.18. The summed E-state index contributed by atoms with van der Waals surface area (Å²) < 4.78 is 5.41. The first-order valence-electron chi connectivity index (χ1n) is 7.28. The fraction of sp³-hybridized carbons (Fsp3) is 0.333. The topological polar surface area (TPSA) is 12.5 Å². The molecule has 0 aliphatic carbocycles. The van der Waals surface area contributed by atoms with Crippen LogP contribution in [0.25, 0.3) is 0 Å². The molecule has 0 bridgehead atoms. The predicted molar refractivity (Wildman–Crippen MR) is 82.2 cm³/mol. The van der Waals surface area contributed by atoms with E-state index in [1.807, 2.05) is 6.07 Å². The maximum absolute atomic E-state index is 5.41. The van der Waals surface area contributed by atoms with Crippen LogP contribution in [-0.4, -0.2) is 26.3 Å². The van der Waals surface area contributed by atoms with Gasteiger partial charge in [0.25, 0.3) is 0 Å². The minimum atomic E-state index is 0.837. The van der Waals surface area contributed by atoms with Crippen LogP contribution < -0.4 is 4.90 Å². The lowest BCUT2D eigenvalue weighted by Gasteiger charge is -2.29.